The molecule has 2 aliphatic heterocycles. The molecule has 4 bridgehead atoms. The van der Waals surface area contributed by atoms with Gasteiger partial charge in [-0.05, 0) is 173 Å². The van der Waals surface area contributed by atoms with Crippen LogP contribution in [0.25, 0.3) is 66.9 Å². The normalized spacial score (nSPS) is 26.6. The topological polar surface area (TPSA) is 243 Å². The number of primary amides is 2. The number of nitrogens with zero attached hydrogens (tertiary/aromatic N) is 8. The van der Waals surface area contributed by atoms with Gasteiger partial charge in [-0.15, -0.1) is 0 Å². The molecule has 0 spiro atoms. The molecule has 10 atom stereocenters. The molecule has 4 aromatic heterocycles. The predicted octanol–water partition coefficient (Wildman–Crippen LogP) is 9.87. The second-order valence-corrected chi connectivity index (χ2v) is 27.6. The summed E-state index contributed by atoms with van der Waals surface area (Å²) in [6.45, 7) is 3.32. The summed E-state index contributed by atoms with van der Waals surface area (Å²) in [5, 5.41) is 2.38. The molecular weight excluding hydrogens is 1100 g/mol. The van der Waals surface area contributed by atoms with Crippen molar-refractivity contribution in [1.29, 1.82) is 0 Å². The smallest absolute Gasteiger partial charge is 0.254 e. The van der Waals surface area contributed by atoms with E-state index in [9.17, 15) is 19.2 Å². The van der Waals surface area contributed by atoms with Gasteiger partial charge in [-0.3, -0.25) is 19.2 Å². The molecule has 4 aromatic carbocycles. The van der Waals surface area contributed by atoms with Crippen LogP contribution in [0.2, 0.25) is 0 Å². The number of ether oxygens (including phenoxy) is 2. The number of amides is 4. The number of rotatable bonds is 14. The first-order valence-corrected chi connectivity index (χ1v) is 32.7. The summed E-state index contributed by atoms with van der Waals surface area (Å²) in [6.07, 6.45) is 16.6. The Labute approximate surface area is 513 Å². The minimum Gasteiger partial charge on any atom is -0.494 e. The van der Waals surface area contributed by atoms with Crippen LogP contribution in [0.4, 0.5) is 0 Å². The van der Waals surface area contributed by atoms with Gasteiger partial charge in [0.25, 0.3) is 11.8 Å². The van der Waals surface area contributed by atoms with E-state index < -0.39 is 0 Å². The van der Waals surface area contributed by atoms with Gasteiger partial charge in [-0.2, -0.15) is 0 Å². The Kier molecular flexibility index (Phi) is 14.3. The van der Waals surface area contributed by atoms with Crippen molar-refractivity contribution in [2.24, 2.45) is 72.5 Å². The predicted molar refractivity (Wildman–Crippen MR) is 341 cm³/mol. The van der Waals surface area contributed by atoms with Crippen molar-refractivity contribution in [1.82, 2.24) is 38.0 Å². The van der Waals surface area contributed by atoms with Crippen LogP contribution in [0.3, 0.4) is 0 Å². The summed E-state index contributed by atoms with van der Waals surface area (Å²) in [5.41, 5.74) is 36.1. The summed E-state index contributed by atoms with van der Waals surface area (Å²) in [5.74, 6) is 5.22. The number of imidazole rings is 2. The molecule has 4 amide bonds. The molecule has 6 aliphatic carbocycles. The van der Waals surface area contributed by atoms with Gasteiger partial charge in [0.1, 0.15) is 22.5 Å². The molecule has 2 saturated heterocycles. The van der Waals surface area contributed by atoms with Crippen molar-refractivity contribution in [3.63, 3.8) is 0 Å². The third-order valence-corrected chi connectivity index (χ3v) is 22.3. The first-order chi connectivity index (χ1) is 42.6. The molecule has 8 aliphatic rings. The van der Waals surface area contributed by atoms with E-state index >= 15 is 0 Å². The fourth-order valence-corrected chi connectivity index (χ4v) is 17.2. The van der Waals surface area contributed by atoms with Crippen LogP contribution in [-0.2, 0) is 36.8 Å². The zero-order valence-corrected chi connectivity index (χ0v) is 51.3. The van der Waals surface area contributed by atoms with Crippen molar-refractivity contribution in [2.45, 2.75) is 152 Å². The van der Waals surface area contributed by atoms with E-state index in [1.165, 1.54) is 58.6 Å². The third kappa shape index (κ3) is 9.64. The first-order valence-electron chi connectivity index (χ1n) is 32.7. The van der Waals surface area contributed by atoms with Gasteiger partial charge in [0.15, 0.2) is 11.6 Å². The quantitative estimate of drug-likeness (QED) is 0.0803. The number of carbonyl (C=O) groups is 4. The summed E-state index contributed by atoms with van der Waals surface area (Å²) < 4.78 is 20.9. The van der Waals surface area contributed by atoms with Gasteiger partial charge in [0, 0.05) is 98.2 Å². The number of likely N-dealkylation sites (tertiary alicyclic amines) is 2. The summed E-state index contributed by atoms with van der Waals surface area (Å²) in [6, 6.07) is 25.6. The Morgan fingerprint density at radius 3 is 1.30 bits per heavy atom. The molecule has 8 aromatic rings. The number of carbonyl (C=O) groups excluding carboxylic acids is 4. The number of methoxy groups -OCH3 is 2. The molecule has 8 fully saturated rings. The van der Waals surface area contributed by atoms with Crippen molar-refractivity contribution in [3.8, 4) is 34.5 Å². The number of hydrogen-bond acceptors (Lipinski definition) is 10. The minimum atomic E-state index is -0.178. The monoisotopic (exact) mass is 1190 g/mol. The standard InChI is InChI=1S/2C35H42N6O3/c2*1-39-32-26(14-24(16-29(32)44-2)35(43)41-18-23-11-12-27(41)30(23)36)38-34(39)28-15-21-6-4-8-25(31(21)40(28)17-19-9-10-19)20-5-3-7-22(13-20)33(37)42/h2*4,6,8,14-16,19-20,22-23,27,30H,3,5,7,9-13,17-18,36H2,1-2H3,(H2,37,42)/t2*20?,22?,23-,27-,30-/m11/s1. The van der Waals surface area contributed by atoms with Gasteiger partial charge in [-0.1, -0.05) is 49.2 Å². The Morgan fingerprint density at radius 1 is 0.523 bits per heavy atom. The highest BCUT2D eigenvalue weighted by Gasteiger charge is 2.48. The summed E-state index contributed by atoms with van der Waals surface area (Å²) in [7, 11) is 7.38. The Morgan fingerprint density at radius 2 is 0.943 bits per heavy atom. The van der Waals surface area contributed by atoms with Crippen LogP contribution < -0.4 is 32.4 Å². The van der Waals surface area contributed by atoms with E-state index in [2.05, 4.69) is 66.8 Å². The molecular formula is C70H84N12O6. The molecule has 460 valence electrons. The fourth-order valence-electron chi connectivity index (χ4n) is 17.2. The largest absolute Gasteiger partial charge is 0.494 e. The van der Waals surface area contributed by atoms with Crippen molar-refractivity contribution in [2.75, 3.05) is 27.3 Å². The second kappa shape index (κ2) is 22.1. The number of benzene rings is 4. The number of aryl methyl sites for hydroxylation is 2. The van der Waals surface area contributed by atoms with E-state index in [1.807, 2.05) is 48.2 Å². The molecule has 18 heteroatoms. The molecule has 6 heterocycles. The van der Waals surface area contributed by atoms with E-state index in [4.69, 9.17) is 42.4 Å². The highest BCUT2D eigenvalue weighted by molar-refractivity contribution is 6.02. The van der Waals surface area contributed by atoms with E-state index in [1.54, 1.807) is 14.2 Å². The fraction of sp³-hybridized carbons (Fsp3) is 0.514. The van der Waals surface area contributed by atoms with Crippen LogP contribution in [-0.4, -0.2) is 113 Å². The molecule has 4 unspecified atom stereocenters. The Balaban J connectivity index is 0.000000148. The molecule has 0 radical (unpaired) electrons. The lowest BCUT2D eigenvalue weighted by molar-refractivity contribution is -0.123. The minimum absolute atomic E-state index is 0.00860. The number of piperidine rings is 2. The highest BCUT2D eigenvalue weighted by Crippen LogP contribution is 2.47. The zero-order chi connectivity index (χ0) is 60.5. The average Bonchev–Trinajstić information content (AvgIpc) is 1.82. The van der Waals surface area contributed by atoms with Gasteiger partial charge >= 0.3 is 0 Å². The summed E-state index contributed by atoms with van der Waals surface area (Å²) in [4.78, 5) is 66.1. The van der Waals surface area contributed by atoms with Crippen LogP contribution >= 0.6 is 0 Å². The lowest BCUT2D eigenvalue weighted by Gasteiger charge is -2.28. The molecule has 16 rings (SSSR count). The highest BCUT2D eigenvalue weighted by atomic mass is 16.5. The maximum Gasteiger partial charge on any atom is 0.254 e. The lowest BCUT2D eigenvalue weighted by atomic mass is 9.77. The van der Waals surface area contributed by atoms with Crippen molar-refractivity contribution >= 4 is 67.5 Å². The van der Waals surface area contributed by atoms with Crippen LogP contribution in [0.15, 0.2) is 72.8 Å². The van der Waals surface area contributed by atoms with E-state index in [0.29, 0.717) is 58.1 Å². The number of aromatic nitrogens is 6. The number of para-hydroxylation sites is 2. The molecule has 6 saturated carbocycles. The molecule has 18 nitrogen and oxygen atoms in total. The van der Waals surface area contributed by atoms with Crippen molar-refractivity contribution in [3.05, 3.63) is 95.1 Å². The van der Waals surface area contributed by atoms with Crippen LogP contribution in [0.5, 0.6) is 11.5 Å². The van der Waals surface area contributed by atoms with Gasteiger partial charge in [0.2, 0.25) is 11.8 Å². The molecule has 88 heavy (non-hydrogen) atoms. The summed E-state index contributed by atoms with van der Waals surface area (Å²) >= 11 is 0. The number of fused-ring (bicyclic) bond motifs is 8. The lowest BCUT2D eigenvalue weighted by Crippen LogP contribution is -2.41. The number of nitrogens with two attached hydrogens (primary N) is 4. The van der Waals surface area contributed by atoms with Gasteiger partial charge in [0.05, 0.1) is 47.7 Å². The average molecular weight is 1190 g/mol. The third-order valence-electron chi connectivity index (χ3n) is 22.3. The first kappa shape index (κ1) is 56.8. The second-order valence-electron chi connectivity index (χ2n) is 27.6. The van der Waals surface area contributed by atoms with Gasteiger partial charge in [-0.25, -0.2) is 9.97 Å². The van der Waals surface area contributed by atoms with E-state index in [0.717, 1.165) is 148 Å². The SMILES string of the molecule is COc1cc(C(=O)N2C[C@H]3CC[C@@H]2[C@@H]3N)cc2nc(-c3cc4cccc(C5CCCC(C(N)=O)C5)c4n3CC3CC3)n(C)c12.COc1cc(C(=O)N2C[C@H]3CC[C@@H]2[C@@H]3N)cc2nc(-c3cc4cccc(C5CCCC(C(N)=O)C5)c4n3CC3CC3)n(C)c12. The van der Waals surface area contributed by atoms with E-state index in [-0.39, 0.29) is 59.6 Å². The maximum atomic E-state index is 13.8. The van der Waals surface area contributed by atoms with Gasteiger partial charge < -0.3 is 60.5 Å². The maximum absolute atomic E-state index is 13.8. The Hall–Kier alpha value is -7.70. The Bertz CT molecular complexity index is 3860. The van der Waals surface area contributed by atoms with Crippen molar-refractivity contribution < 1.29 is 28.7 Å². The van der Waals surface area contributed by atoms with Crippen LogP contribution in [0, 0.1) is 35.5 Å². The van der Waals surface area contributed by atoms with Crippen LogP contribution in [0.1, 0.15) is 146 Å². The molecule has 8 N–H and O–H groups in total. The number of hydrogen-bond donors (Lipinski definition) is 4. The zero-order valence-electron chi connectivity index (χ0n) is 51.3.